The molecule has 114 heavy (non-hydrogen) atoms. The first-order valence-electron chi connectivity index (χ1n) is 39.4. The molecule has 4 aromatic heterocycles. The van der Waals surface area contributed by atoms with Crippen LogP contribution in [0, 0.1) is 0 Å². The molecule has 0 radical (unpaired) electrons. The molecule has 0 spiro atoms. The lowest BCUT2D eigenvalue weighted by Crippen LogP contribution is -1.96. The van der Waals surface area contributed by atoms with Crippen LogP contribution in [-0.2, 0) is 0 Å². The minimum Gasteiger partial charge on any atom is -0.309 e. The maximum absolute atomic E-state index is 2.50. The van der Waals surface area contributed by atoms with Crippen LogP contribution in [-0.4, -0.2) is 18.3 Å². The molecule has 0 unspecified atom stereocenters. The Morgan fingerprint density at radius 3 is 1.06 bits per heavy atom. The first kappa shape index (κ1) is 63.8. The van der Waals surface area contributed by atoms with E-state index in [1.54, 1.807) is 0 Å². The molecule has 4 heteroatoms. The number of nitrogens with zero attached hydrogens (tertiary/aromatic N) is 4. The minimum absolute atomic E-state index is 1.15. The Bertz CT molecular complexity index is 8120. The molecular formula is C110H68N4. The third kappa shape index (κ3) is 9.71. The summed E-state index contributed by atoms with van der Waals surface area (Å²) in [5.41, 5.74) is 29.4. The lowest BCUT2D eigenvalue weighted by atomic mass is 9.90. The normalized spacial score (nSPS) is 12.0. The fourth-order valence-electron chi connectivity index (χ4n) is 19.5. The molecule has 0 bridgehead atoms. The fraction of sp³-hybridized carbons (Fsp3) is 0. The zero-order valence-corrected chi connectivity index (χ0v) is 62.0. The molecule has 0 amide bonds. The smallest absolute Gasteiger partial charge is 0.0547 e. The largest absolute Gasteiger partial charge is 0.309 e. The van der Waals surface area contributed by atoms with E-state index in [-0.39, 0.29) is 0 Å². The highest BCUT2D eigenvalue weighted by atomic mass is 15.0. The molecule has 4 heterocycles. The maximum atomic E-state index is 2.50. The number of rotatable bonds is 8. The van der Waals surface area contributed by atoms with E-state index in [1.165, 1.54) is 225 Å². The van der Waals surface area contributed by atoms with Crippen molar-refractivity contribution in [3.05, 3.63) is 413 Å². The van der Waals surface area contributed by atoms with Gasteiger partial charge in [-0.3, -0.25) is 0 Å². The second kappa shape index (κ2) is 25.2. The predicted molar refractivity (Wildman–Crippen MR) is 484 cm³/mol. The molecule has 4 nitrogen and oxygen atoms in total. The van der Waals surface area contributed by atoms with Crippen LogP contribution in [0.25, 0.3) is 231 Å². The average Bonchev–Trinajstić information content (AvgIpc) is 1.58. The molecule has 0 aliphatic heterocycles. The van der Waals surface area contributed by atoms with Crippen LogP contribution < -0.4 is 0 Å². The average molecular weight is 1450 g/mol. The third-order valence-electron chi connectivity index (χ3n) is 24.5. The van der Waals surface area contributed by atoms with Crippen molar-refractivity contribution >= 4 is 141 Å². The van der Waals surface area contributed by atoms with Gasteiger partial charge in [0.1, 0.15) is 0 Å². The highest BCUT2D eigenvalue weighted by Gasteiger charge is 2.26. The van der Waals surface area contributed by atoms with Crippen LogP contribution in [0.1, 0.15) is 0 Å². The second-order valence-electron chi connectivity index (χ2n) is 30.6. The topological polar surface area (TPSA) is 19.7 Å². The zero-order valence-electron chi connectivity index (χ0n) is 62.0. The lowest BCUT2D eigenvalue weighted by molar-refractivity contribution is 1.18. The summed E-state index contributed by atoms with van der Waals surface area (Å²) in [6, 6.07) is 152. The van der Waals surface area contributed by atoms with Gasteiger partial charge in [-0.1, -0.05) is 285 Å². The lowest BCUT2D eigenvalue weighted by Gasteiger charge is -2.14. The Labute approximate surface area is 657 Å². The molecule has 0 saturated heterocycles. The van der Waals surface area contributed by atoms with Gasteiger partial charge in [0.05, 0.1) is 49.8 Å². The van der Waals surface area contributed by atoms with Crippen molar-refractivity contribution in [2.24, 2.45) is 0 Å². The highest BCUT2D eigenvalue weighted by molar-refractivity contribution is 6.26. The van der Waals surface area contributed by atoms with E-state index in [0.29, 0.717) is 0 Å². The summed E-state index contributed by atoms with van der Waals surface area (Å²) >= 11 is 0. The van der Waals surface area contributed by atoms with E-state index in [2.05, 4.69) is 431 Å². The second-order valence-corrected chi connectivity index (χ2v) is 30.6. The Balaban J connectivity index is 0.000000134. The monoisotopic (exact) mass is 1440 g/mol. The van der Waals surface area contributed by atoms with Gasteiger partial charge in [-0.2, -0.15) is 0 Å². The summed E-state index contributed by atoms with van der Waals surface area (Å²) in [6.45, 7) is 0. The summed E-state index contributed by atoms with van der Waals surface area (Å²) in [6.07, 6.45) is 0. The van der Waals surface area contributed by atoms with Gasteiger partial charge >= 0.3 is 0 Å². The van der Waals surface area contributed by atoms with Crippen LogP contribution in [0.5, 0.6) is 0 Å². The van der Waals surface area contributed by atoms with E-state index in [1.807, 2.05) is 0 Å². The molecule has 0 saturated carbocycles. The first-order chi connectivity index (χ1) is 56.6. The van der Waals surface area contributed by atoms with Crippen LogP contribution in [0.15, 0.2) is 413 Å². The summed E-state index contributed by atoms with van der Waals surface area (Å²) < 4.78 is 9.68. The quantitative estimate of drug-likeness (QED) is 0.135. The number of hydrogen-bond acceptors (Lipinski definition) is 0. The first-order valence-corrected chi connectivity index (χ1v) is 39.4. The minimum atomic E-state index is 1.15. The molecule has 24 aromatic rings. The highest BCUT2D eigenvalue weighted by Crippen LogP contribution is 2.51. The van der Waals surface area contributed by atoms with Gasteiger partial charge in [0.25, 0.3) is 0 Å². The number of aromatic nitrogens is 4. The van der Waals surface area contributed by atoms with Crippen molar-refractivity contribution in [1.29, 1.82) is 0 Å². The molecular weight excluding hydrogens is 1380 g/mol. The molecule has 20 aromatic carbocycles. The van der Waals surface area contributed by atoms with E-state index in [0.717, 1.165) is 5.69 Å². The van der Waals surface area contributed by atoms with Gasteiger partial charge in [-0.05, 0) is 243 Å². The molecule has 0 fully saturated rings. The predicted octanol–water partition coefficient (Wildman–Crippen LogP) is 29.8. The van der Waals surface area contributed by atoms with Crippen molar-refractivity contribution in [2.45, 2.75) is 0 Å². The van der Waals surface area contributed by atoms with Crippen LogP contribution >= 0.6 is 0 Å². The molecule has 1 aliphatic rings. The van der Waals surface area contributed by atoms with Gasteiger partial charge in [0, 0.05) is 65.5 Å². The molecule has 25 rings (SSSR count). The van der Waals surface area contributed by atoms with Crippen molar-refractivity contribution in [3.8, 4) is 89.5 Å². The van der Waals surface area contributed by atoms with Crippen molar-refractivity contribution in [2.75, 3.05) is 0 Å². The number of para-hydroxylation sites is 5. The SMILES string of the molecule is c1ccc(-n2c3ccccc3c3cc(-c4ccc5c(c4)c4c6ccccc6ccc4n5-c4ccc5c6c(cccc46)-c4ccccc4-5)ccc32)cc1.c1ccc(-n2c3ccccc3c3cc(-c4ccc5c(c4)c4ccccc4n5-c4ccc(-c5cccc(-c6cc7ccc8ccccc8c7c7ccccc67)c5)cc4)ccc32)cc1. The standard InChI is InChI=1S/C60H38N2.C50H30N2/c1-2-16-46(17-3-1)61-56-23-10-8-20-50(56)54-36-42(29-33-58(54)61)43-30-34-59-55(37-43)51-21-9-11-24-57(51)62(59)47-31-27-39(28-32-47)41-14-12-15-44(35-41)53-38-45-26-25-40-13-4-5-18-48(40)60(45)52-22-7-6-19-49(52)53;1-2-12-34(13-3-1)51-44-20-9-8-17-38(44)42-29-32(22-25-46(42)51)33-23-26-47-43(30-33)50-35-14-5-4-11-31(35)21-27-48(50)52(47)45-28-24-40-37-16-7-6-15-36(37)39-18-10-19-41(45)49(39)40/h1-38H;1-30H. The molecule has 0 atom stereocenters. The van der Waals surface area contributed by atoms with Crippen molar-refractivity contribution in [1.82, 2.24) is 18.3 Å². The number of hydrogen-bond donors (Lipinski definition) is 0. The molecule has 0 N–H and O–H groups in total. The van der Waals surface area contributed by atoms with E-state index < -0.39 is 0 Å². The van der Waals surface area contributed by atoms with Crippen LogP contribution in [0.2, 0.25) is 0 Å². The molecule has 528 valence electrons. The van der Waals surface area contributed by atoms with Gasteiger partial charge in [-0.25, -0.2) is 0 Å². The third-order valence-corrected chi connectivity index (χ3v) is 24.5. The fourth-order valence-corrected chi connectivity index (χ4v) is 19.5. The van der Waals surface area contributed by atoms with Crippen molar-refractivity contribution < 1.29 is 0 Å². The Kier molecular flexibility index (Phi) is 14.1. The van der Waals surface area contributed by atoms with E-state index in [9.17, 15) is 0 Å². The van der Waals surface area contributed by atoms with Gasteiger partial charge in [-0.15, -0.1) is 0 Å². The summed E-state index contributed by atoms with van der Waals surface area (Å²) in [5.74, 6) is 0. The van der Waals surface area contributed by atoms with Gasteiger partial charge < -0.3 is 18.3 Å². The molecule has 1 aliphatic carbocycles. The summed E-state index contributed by atoms with van der Waals surface area (Å²) in [4.78, 5) is 0. The van der Waals surface area contributed by atoms with E-state index in [4.69, 9.17) is 0 Å². The van der Waals surface area contributed by atoms with Gasteiger partial charge in [0.15, 0.2) is 0 Å². The Hall–Kier alpha value is -15.1. The Morgan fingerprint density at radius 1 is 0.132 bits per heavy atom. The van der Waals surface area contributed by atoms with Crippen LogP contribution in [0.4, 0.5) is 0 Å². The van der Waals surface area contributed by atoms with Gasteiger partial charge in [0.2, 0.25) is 0 Å². The summed E-state index contributed by atoms with van der Waals surface area (Å²) in [5, 5.41) is 23.0. The zero-order chi connectivity index (χ0) is 74.6. The van der Waals surface area contributed by atoms with Crippen molar-refractivity contribution in [3.63, 3.8) is 0 Å². The number of fused-ring (bicyclic) bond motifs is 22. The van der Waals surface area contributed by atoms with E-state index >= 15 is 0 Å². The summed E-state index contributed by atoms with van der Waals surface area (Å²) in [7, 11) is 0. The van der Waals surface area contributed by atoms with Crippen LogP contribution in [0.3, 0.4) is 0 Å². The Morgan fingerprint density at radius 2 is 0.500 bits per heavy atom. The number of benzene rings is 20. The maximum Gasteiger partial charge on any atom is 0.0547 e.